The van der Waals surface area contributed by atoms with E-state index in [1.54, 1.807) is 0 Å². The lowest BCUT2D eigenvalue weighted by Crippen LogP contribution is -2.20. The average Bonchev–Trinajstić information content (AvgIpc) is 3.86. The van der Waals surface area contributed by atoms with E-state index in [-0.39, 0.29) is 5.41 Å². The second kappa shape index (κ2) is 8.87. The van der Waals surface area contributed by atoms with Crippen molar-refractivity contribution in [2.24, 2.45) is 0 Å². The minimum atomic E-state index is 0.0767. The SMILES string of the molecule is c1ccc2c(c1)-c1c(N(c3cccc4c3oc3ccccc34)c3cccc4oc5ccccc5c34)cccc1C21CCCC1. The van der Waals surface area contributed by atoms with Gasteiger partial charge in [-0.3, -0.25) is 0 Å². The Morgan fingerprint density at radius 2 is 1.09 bits per heavy atom. The molecule has 0 atom stereocenters. The summed E-state index contributed by atoms with van der Waals surface area (Å²) in [7, 11) is 0. The molecule has 2 heterocycles. The lowest BCUT2D eigenvalue weighted by molar-refractivity contribution is 0.550. The first-order valence-corrected chi connectivity index (χ1v) is 15.7. The number of rotatable bonds is 3. The van der Waals surface area contributed by atoms with Gasteiger partial charge in [-0.25, -0.2) is 0 Å². The maximum absolute atomic E-state index is 6.71. The molecule has 1 spiro atoms. The molecule has 8 aromatic rings. The Hall–Kier alpha value is -5.28. The van der Waals surface area contributed by atoms with Gasteiger partial charge in [-0.05, 0) is 65.9 Å². The van der Waals surface area contributed by atoms with Crippen LogP contribution in [0.4, 0.5) is 17.1 Å². The van der Waals surface area contributed by atoms with Crippen molar-refractivity contribution in [3.05, 3.63) is 139 Å². The zero-order valence-electron chi connectivity index (χ0n) is 24.2. The van der Waals surface area contributed by atoms with Crippen LogP contribution in [-0.2, 0) is 5.41 Å². The number of hydrogen-bond acceptors (Lipinski definition) is 3. The highest BCUT2D eigenvalue weighted by atomic mass is 16.3. The number of furan rings is 2. The Kier molecular flexibility index (Phi) is 4.88. The molecule has 1 saturated carbocycles. The van der Waals surface area contributed by atoms with Gasteiger partial charge in [-0.1, -0.05) is 104 Å². The molecule has 2 aliphatic carbocycles. The van der Waals surface area contributed by atoms with Crippen LogP contribution < -0.4 is 4.90 Å². The fourth-order valence-corrected chi connectivity index (χ4v) is 8.43. The van der Waals surface area contributed by atoms with E-state index in [9.17, 15) is 0 Å². The summed E-state index contributed by atoms with van der Waals surface area (Å²) in [6.45, 7) is 0. The highest BCUT2D eigenvalue weighted by Gasteiger charge is 2.46. The number of anilines is 3. The summed E-state index contributed by atoms with van der Waals surface area (Å²) in [4.78, 5) is 2.44. The van der Waals surface area contributed by atoms with Crippen molar-refractivity contribution in [1.29, 1.82) is 0 Å². The molecule has 0 saturated heterocycles. The molecule has 0 amide bonds. The van der Waals surface area contributed by atoms with Crippen LogP contribution in [0, 0.1) is 0 Å². The van der Waals surface area contributed by atoms with E-state index in [0.717, 1.165) is 55.3 Å². The smallest absolute Gasteiger partial charge is 0.159 e. The molecule has 3 nitrogen and oxygen atoms in total. The first-order chi connectivity index (χ1) is 21.8. The van der Waals surface area contributed by atoms with Gasteiger partial charge in [0.1, 0.15) is 16.7 Å². The second-order valence-electron chi connectivity index (χ2n) is 12.4. The van der Waals surface area contributed by atoms with E-state index in [4.69, 9.17) is 8.83 Å². The van der Waals surface area contributed by atoms with E-state index in [0.29, 0.717) is 0 Å². The van der Waals surface area contributed by atoms with Crippen molar-refractivity contribution < 1.29 is 8.83 Å². The highest BCUT2D eigenvalue weighted by Crippen LogP contribution is 2.60. The predicted molar refractivity (Wildman–Crippen MR) is 180 cm³/mol. The molecular weight excluding hydrogens is 538 g/mol. The van der Waals surface area contributed by atoms with Crippen LogP contribution in [0.1, 0.15) is 36.8 Å². The maximum Gasteiger partial charge on any atom is 0.159 e. The highest BCUT2D eigenvalue weighted by molar-refractivity contribution is 6.17. The molecule has 1 fully saturated rings. The number of hydrogen-bond donors (Lipinski definition) is 0. The monoisotopic (exact) mass is 567 g/mol. The third kappa shape index (κ3) is 3.11. The summed E-state index contributed by atoms with van der Waals surface area (Å²) >= 11 is 0. The Bertz CT molecular complexity index is 2420. The Morgan fingerprint density at radius 1 is 0.477 bits per heavy atom. The van der Waals surface area contributed by atoms with E-state index in [1.807, 2.05) is 12.1 Å². The molecule has 0 unspecified atom stereocenters. The van der Waals surface area contributed by atoms with Gasteiger partial charge in [0.15, 0.2) is 5.58 Å². The summed E-state index contributed by atoms with van der Waals surface area (Å²) in [5, 5.41) is 4.47. The lowest BCUT2D eigenvalue weighted by Gasteiger charge is -2.30. The van der Waals surface area contributed by atoms with Crippen LogP contribution in [0.3, 0.4) is 0 Å². The molecule has 6 aromatic carbocycles. The predicted octanol–water partition coefficient (Wildman–Crippen LogP) is 11.8. The molecule has 0 bridgehead atoms. The second-order valence-corrected chi connectivity index (χ2v) is 12.4. The van der Waals surface area contributed by atoms with Crippen molar-refractivity contribution in [2.75, 3.05) is 4.90 Å². The summed E-state index contributed by atoms with van der Waals surface area (Å²) in [5.41, 5.74) is 12.5. The maximum atomic E-state index is 6.71. The van der Waals surface area contributed by atoms with Crippen LogP contribution in [0.25, 0.3) is 55.0 Å². The first-order valence-electron chi connectivity index (χ1n) is 15.7. The van der Waals surface area contributed by atoms with E-state index in [1.165, 1.54) is 53.6 Å². The molecule has 3 heteroatoms. The third-order valence-corrected chi connectivity index (χ3v) is 10.2. The molecule has 2 aliphatic rings. The molecule has 2 aromatic heterocycles. The minimum absolute atomic E-state index is 0.0767. The molecular formula is C41H29NO2. The van der Waals surface area contributed by atoms with Crippen LogP contribution in [-0.4, -0.2) is 0 Å². The fourth-order valence-electron chi connectivity index (χ4n) is 8.43. The molecule has 210 valence electrons. The molecule has 44 heavy (non-hydrogen) atoms. The summed E-state index contributed by atoms with van der Waals surface area (Å²) < 4.78 is 13.1. The van der Waals surface area contributed by atoms with Crippen LogP contribution in [0.15, 0.2) is 136 Å². The summed E-state index contributed by atoms with van der Waals surface area (Å²) in [5.74, 6) is 0. The zero-order chi connectivity index (χ0) is 28.8. The molecule has 0 radical (unpaired) electrons. The van der Waals surface area contributed by atoms with Gasteiger partial charge in [0.2, 0.25) is 0 Å². The van der Waals surface area contributed by atoms with Crippen LogP contribution in [0.2, 0.25) is 0 Å². The number of para-hydroxylation sites is 3. The summed E-state index contributed by atoms with van der Waals surface area (Å²) in [6, 6.07) is 45.8. The van der Waals surface area contributed by atoms with Crippen LogP contribution in [0.5, 0.6) is 0 Å². The van der Waals surface area contributed by atoms with Crippen molar-refractivity contribution in [1.82, 2.24) is 0 Å². The van der Waals surface area contributed by atoms with E-state index >= 15 is 0 Å². The van der Waals surface area contributed by atoms with Gasteiger partial charge in [0.25, 0.3) is 0 Å². The molecule has 0 aliphatic heterocycles. The largest absolute Gasteiger partial charge is 0.456 e. The quantitative estimate of drug-likeness (QED) is 0.213. The first kappa shape index (κ1) is 24.2. The Labute approximate surface area is 254 Å². The van der Waals surface area contributed by atoms with Gasteiger partial charge in [-0.2, -0.15) is 0 Å². The van der Waals surface area contributed by atoms with E-state index < -0.39 is 0 Å². The van der Waals surface area contributed by atoms with Gasteiger partial charge in [0.05, 0.1) is 22.4 Å². The molecule has 10 rings (SSSR count). The van der Waals surface area contributed by atoms with Crippen molar-refractivity contribution in [2.45, 2.75) is 31.1 Å². The topological polar surface area (TPSA) is 29.5 Å². The normalized spacial score (nSPS) is 15.1. The third-order valence-electron chi connectivity index (χ3n) is 10.2. The number of nitrogens with zero attached hydrogens (tertiary/aromatic N) is 1. The van der Waals surface area contributed by atoms with Crippen molar-refractivity contribution in [3.8, 4) is 11.1 Å². The molecule has 0 N–H and O–H groups in total. The van der Waals surface area contributed by atoms with Gasteiger partial charge < -0.3 is 13.7 Å². The average molecular weight is 568 g/mol. The fraction of sp³-hybridized carbons (Fsp3) is 0.122. The van der Waals surface area contributed by atoms with Gasteiger partial charge in [0, 0.05) is 27.1 Å². The number of fused-ring (bicyclic) bond motifs is 11. The minimum Gasteiger partial charge on any atom is -0.456 e. The van der Waals surface area contributed by atoms with Crippen molar-refractivity contribution >= 4 is 60.9 Å². The van der Waals surface area contributed by atoms with Gasteiger partial charge in [-0.15, -0.1) is 0 Å². The van der Waals surface area contributed by atoms with Crippen molar-refractivity contribution in [3.63, 3.8) is 0 Å². The van der Waals surface area contributed by atoms with Crippen LogP contribution >= 0.6 is 0 Å². The van der Waals surface area contributed by atoms with Gasteiger partial charge >= 0.3 is 0 Å². The zero-order valence-corrected chi connectivity index (χ0v) is 24.2. The van der Waals surface area contributed by atoms with E-state index in [2.05, 4.69) is 120 Å². The Balaban J connectivity index is 1.35. The Morgan fingerprint density at radius 3 is 1.98 bits per heavy atom. The summed E-state index contributed by atoms with van der Waals surface area (Å²) in [6.07, 6.45) is 4.92. The number of benzene rings is 6. The lowest BCUT2D eigenvalue weighted by atomic mass is 9.77. The standard InChI is InChI=1S/C41H29NO2/c1-4-16-30-28(13-1)38-31(41(30)24-7-8-25-41)17-10-18-32(38)42(33-19-11-23-37-39(33)29-14-3-6-22-36(29)43-37)34-20-9-15-27-26-12-2-5-21-35(26)44-40(27)34/h1-6,9-23H,7-8,24-25H2.